The van der Waals surface area contributed by atoms with Crippen LogP contribution in [-0.2, 0) is 11.0 Å². The summed E-state index contributed by atoms with van der Waals surface area (Å²) in [5, 5.41) is 23.8. The van der Waals surface area contributed by atoms with Gasteiger partial charge in [0.25, 0.3) is 5.69 Å². The van der Waals surface area contributed by atoms with Gasteiger partial charge in [0.1, 0.15) is 5.69 Å². The summed E-state index contributed by atoms with van der Waals surface area (Å²) < 4.78 is 38.6. The number of carbonyl (C=O) groups is 1. The lowest BCUT2D eigenvalue weighted by atomic mass is 9.91. The number of amides is 1. The second kappa shape index (κ2) is 8.56. The van der Waals surface area contributed by atoms with Crippen LogP contribution in [0.25, 0.3) is 0 Å². The molecular formula is C19H24F3N3O4. The maximum Gasteiger partial charge on any atom is 0.416 e. The van der Waals surface area contributed by atoms with Crippen LogP contribution in [0, 0.1) is 16.0 Å². The highest BCUT2D eigenvalue weighted by atomic mass is 19.4. The molecule has 0 bridgehead atoms. The van der Waals surface area contributed by atoms with E-state index < -0.39 is 22.4 Å². The average molecular weight is 415 g/mol. The van der Waals surface area contributed by atoms with E-state index in [0.717, 1.165) is 25.0 Å². The molecule has 1 amide bonds. The Labute approximate surface area is 166 Å². The molecular weight excluding hydrogens is 391 g/mol. The Kier molecular flexibility index (Phi) is 6.30. The number of halogens is 3. The van der Waals surface area contributed by atoms with Crippen molar-refractivity contribution < 1.29 is 28.0 Å². The lowest BCUT2D eigenvalue weighted by molar-refractivity contribution is -0.384. The molecule has 7 nitrogen and oxygen atoms in total. The number of hydrogen-bond donors (Lipinski definition) is 2. The monoisotopic (exact) mass is 415 g/mol. The van der Waals surface area contributed by atoms with Gasteiger partial charge in [-0.2, -0.15) is 13.2 Å². The predicted octanol–water partition coefficient (Wildman–Crippen LogP) is 3.25. The first-order chi connectivity index (χ1) is 13.6. The largest absolute Gasteiger partial charge is 0.416 e. The fourth-order valence-electron chi connectivity index (χ4n) is 4.04. The van der Waals surface area contributed by atoms with Crippen LogP contribution < -0.4 is 10.2 Å². The number of nitrogens with zero attached hydrogens (tertiary/aromatic N) is 2. The summed E-state index contributed by atoms with van der Waals surface area (Å²) in [4.78, 5) is 24.6. The molecule has 3 rings (SSSR count). The number of nitro groups is 1. The molecule has 1 heterocycles. The summed E-state index contributed by atoms with van der Waals surface area (Å²) >= 11 is 0. The van der Waals surface area contributed by atoms with Gasteiger partial charge < -0.3 is 15.3 Å². The third kappa shape index (κ3) is 5.17. The highest BCUT2D eigenvalue weighted by Crippen LogP contribution is 2.37. The lowest BCUT2D eigenvalue weighted by Crippen LogP contribution is -2.45. The highest BCUT2D eigenvalue weighted by molar-refractivity contribution is 5.79. The van der Waals surface area contributed by atoms with E-state index in [-0.39, 0.29) is 29.7 Å². The third-order valence-corrected chi connectivity index (χ3v) is 5.75. The van der Waals surface area contributed by atoms with Crippen molar-refractivity contribution >= 4 is 17.3 Å². The summed E-state index contributed by atoms with van der Waals surface area (Å²) in [7, 11) is 0. The van der Waals surface area contributed by atoms with Gasteiger partial charge in [0.2, 0.25) is 5.91 Å². The molecule has 160 valence electrons. The van der Waals surface area contributed by atoms with Crippen LogP contribution >= 0.6 is 0 Å². The number of aliphatic hydroxyl groups is 1. The van der Waals surface area contributed by atoms with Crippen LogP contribution in [0.1, 0.15) is 44.1 Å². The molecule has 10 heteroatoms. The quantitative estimate of drug-likeness (QED) is 0.581. The Hall–Kier alpha value is -2.36. The number of piperidine rings is 1. The number of hydrogen-bond acceptors (Lipinski definition) is 5. The van der Waals surface area contributed by atoms with Gasteiger partial charge in [0, 0.05) is 31.1 Å². The van der Waals surface area contributed by atoms with Crippen LogP contribution in [0.3, 0.4) is 0 Å². The first kappa shape index (κ1) is 21.4. The number of benzene rings is 1. The predicted molar refractivity (Wildman–Crippen MR) is 99.4 cm³/mol. The molecule has 0 spiro atoms. The van der Waals surface area contributed by atoms with Gasteiger partial charge in [-0.3, -0.25) is 14.9 Å². The van der Waals surface area contributed by atoms with Crippen molar-refractivity contribution in [2.45, 2.75) is 56.8 Å². The standard InChI is InChI=1S/C19H24F3N3O4/c20-19(21,22)13-1-6-16(17(11-13)25(28)29)24-9-7-12(8-10-24)18(27)23-14-2-4-15(26)5-3-14/h1,6,11-12,14-15,26H,2-5,7-10H2,(H,23,27). The molecule has 0 radical (unpaired) electrons. The zero-order chi connectivity index (χ0) is 21.2. The van der Waals surface area contributed by atoms with Gasteiger partial charge in [-0.05, 0) is 50.7 Å². The van der Waals surface area contributed by atoms with Crippen molar-refractivity contribution in [1.82, 2.24) is 5.32 Å². The molecule has 2 N–H and O–H groups in total. The van der Waals surface area contributed by atoms with Gasteiger partial charge in [0.05, 0.1) is 16.6 Å². The molecule has 1 aromatic rings. The molecule has 2 aliphatic rings. The van der Waals surface area contributed by atoms with E-state index in [2.05, 4.69) is 5.32 Å². The fourth-order valence-corrected chi connectivity index (χ4v) is 4.04. The molecule has 1 saturated carbocycles. The van der Waals surface area contributed by atoms with Crippen molar-refractivity contribution in [2.75, 3.05) is 18.0 Å². The summed E-state index contributed by atoms with van der Waals surface area (Å²) in [5.74, 6) is -0.292. The topological polar surface area (TPSA) is 95.7 Å². The SMILES string of the molecule is O=C(NC1CCC(O)CC1)C1CCN(c2ccc(C(F)(F)F)cc2[N+](=O)[O-])CC1. The van der Waals surface area contributed by atoms with Crippen LogP contribution in [0.5, 0.6) is 0 Å². The van der Waals surface area contributed by atoms with E-state index in [4.69, 9.17) is 0 Å². The molecule has 29 heavy (non-hydrogen) atoms. The second-order valence-corrected chi connectivity index (χ2v) is 7.73. The number of nitrogens with one attached hydrogen (secondary N) is 1. The van der Waals surface area contributed by atoms with Gasteiger partial charge >= 0.3 is 6.18 Å². The minimum atomic E-state index is -4.65. The summed E-state index contributed by atoms with van der Waals surface area (Å²) in [6, 6.07) is 2.60. The minimum Gasteiger partial charge on any atom is -0.393 e. The highest BCUT2D eigenvalue weighted by Gasteiger charge is 2.35. The normalized spacial score (nSPS) is 23.7. The second-order valence-electron chi connectivity index (χ2n) is 7.73. The first-order valence-electron chi connectivity index (χ1n) is 9.74. The number of alkyl halides is 3. The van der Waals surface area contributed by atoms with E-state index in [1.807, 2.05) is 0 Å². The molecule has 1 aromatic carbocycles. The van der Waals surface area contributed by atoms with Crippen molar-refractivity contribution in [3.63, 3.8) is 0 Å². The maximum absolute atomic E-state index is 12.9. The number of rotatable bonds is 4. The minimum absolute atomic E-state index is 0.0555. The van der Waals surface area contributed by atoms with Crippen molar-refractivity contribution in [3.05, 3.63) is 33.9 Å². The zero-order valence-electron chi connectivity index (χ0n) is 15.8. The zero-order valence-corrected chi connectivity index (χ0v) is 15.8. The van der Waals surface area contributed by atoms with E-state index in [1.165, 1.54) is 0 Å². The molecule has 1 aliphatic carbocycles. The van der Waals surface area contributed by atoms with Crippen molar-refractivity contribution in [2.24, 2.45) is 5.92 Å². The van der Waals surface area contributed by atoms with E-state index in [9.17, 15) is 33.2 Å². The van der Waals surface area contributed by atoms with Crippen LogP contribution in [0.4, 0.5) is 24.5 Å². The number of anilines is 1. The Balaban J connectivity index is 1.61. The van der Waals surface area contributed by atoms with Gasteiger partial charge in [-0.25, -0.2) is 0 Å². The van der Waals surface area contributed by atoms with Crippen LogP contribution in [0.2, 0.25) is 0 Å². The molecule has 0 unspecified atom stereocenters. The van der Waals surface area contributed by atoms with Crippen molar-refractivity contribution in [1.29, 1.82) is 0 Å². The van der Waals surface area contributed by atoms with Gasteiger partial charge in [-0.1, -0.05) is 0 Å². The van der Waals surface area contributed by atoms with E-state index >= 15 is 0 Å². The molecule has 1 aliphatic heterocycles. The third-order valence-electron chi connectivity index (χ3n) is 5.75. The molecule has 0 aromatic heterocycles. The summed E-state index contributed by atoms with van der Waals surface area (Å²) in [5.41, 5.74) is -1.49. The molecule has 1 saturated heterocycles. The van der Waals surface area contributed by atoms with Crippen LogP contribution in [0.15, 0.2) is 18.2 Å². The van der Waals surface area contributed by atoms with Gasteiger partial charge in [-0.15, -0.1) is 0 Å². The van der Waals surface area contributed by atoms with E-state index in [0.29, 0.717) is 44.8 Å². The molecule has 0 atom stereocenters. The average Bonchev–Trinajstić information content (AvgIpc) is 2.68. The summed E-state index contributed by atoms with van der Waals surface area (Å²) in [6.07, 6.45) is -1.19. The smallest absolute Gasteiger partial charge is 0.393 e. The Morgan fingerprint density at radius 1 is 1.14 bits per heavy atom. The van der Waals surface area contributed by atoms with Crippen molar-refractivity contribution in [3.8, 4) is 0 Å². The lowest BCUT2D eigenvalue weighted by Gasteiger charge is -2.34. The Morgan fingerprint density at radius 3 is 2.31 bits per heavy atom. The van der Waals surface area contributed by atoms with E-state index in [1.54, 1.807) is 4.90 Å². The molecule has 2 fully saturated rings. The summed E-state index contributed by atoms with van der Waals surface area (Å²) in [6.45, 7) is 0.710. The number of nitro benzene ring substituents is 1. The first-order valence-corrected chi connectivity index (χ1v) is 9.74. The van der Waals surface area contributed by atoms with Crippen LogP contribution in [-0.4, -0.2) is 41.2 Å². The maximum atomic E-state index is 12.9. The Morgan fingerprint density at radius 2 is 1.76 bits per heavy atom. The number of carbonyl (C=O) groups excluding carboxylic acids is 1. The van der Waals surface area contributed by atoms with Gasteiger partial charge in [0.15, 0.2) is 0 Å². The fraction of sp³-hybridized carbons (Fsp3) is 0.632. The Bertz CT molecular complexity index is 756. The number of aliphatic hydroxyl groups excluding tert-OH is 1.